The van der Waals surface area contributed by atoms with E-state index in [0.29, 0.717) is 6.79 Å². The number of fused-ring (bicyclic) bond motifs is 1. The van der Waals surface area contributed by atoms with Crippen molar-refractivity contribution in [3.63, 3.8) is 0 Å². The molecular weight excluding hydrogens is 254 g/mol. The molecule has 1 fully saturated rings. The highest BCUT2D eigenvalue weighted by molar-refractivity contribution is 5.44. The lowest BCUT2D eigenvalue weighted by Crippen LogP contribution is -2.45. The molecule has 5 heteroatoms. The van der Waals surface area contributed by atoms with E-state index in [-0.39, 0.29) is 0 Å². The van der Waals surface area contributed by atoms with Crippen LogP contribution in [0.1, 0.15) is 5.56 Å². The predicted molar refractivity (Wildman–Crippen MR) is 78.2 cm³/mol. The molecule has 0 radical (unpaired) electrons. The monoisotopic (exact) mass is 277 g/mol. The first-order valence-corrected chi connectivity index (χ1v) is 7.31. The smallest absolute Gasteiger partial charge is 0.231 e. The van der Waals surface area contributed by atoms with Crippen LogP contribution in [0.5, 0.6) is 11.5 Å². The highest BCUT2D eigenvalue weighted by Crippen LogP contribution is 2.32. The SMILES string of the molecule is CN(CCN1CCNCC1)Cc1ccc2c(c1)OCO2. The van der Waals surface area contributed by atoms with E-state index in [1.807, 2.05) is 6.07 Å². The molecule has 0 saturated carbocycles. The fraction of sp³-hybridized carbons (Fsp3) is 0.600. The fourth-order valence-corrected chi connectivity index (χ4v) is 2.68. The molecule has 3 rings (SSSR count). The highest BCUT2D eigenvalue weighted by atomic mass is 16.7. The Bertz CT molecular complexity index is 447. The molecule has 0 spiro atoms. The van der Waals surface area contributed by atoms with E-state index in [9.17, 15) is 0 Å². The van der Waals surface area contributed by atoms with Crippen molar-refractivity contribution in [3.8, 4) is 11.5 Å². The first-order chi connectivity index (χ1) is 9.81. The Morgan fingerprint density at radius 3 is 2.85 bits per heavy atom. The summed E-state index contributed by atoms with van der Waals surface area (Å²) in [4.78, 5) is 4.88. The standard InChI is InChI=1S/C15H23N3O2/c1-17(8-9-18-6-4-16-5-7-18)11-13-2-3-14-15(10-13)20-12-19-14/h2-3,10,16H,4-9,11-12H2,1H3. The molecule has 0 unspecified atom stereocenters. The van der Waals surface area contributed by atoms with Gasteiger partial charge in [0.2, 0.25) is 6.79 Å². The van der Waals surface area contributed by atoms with Crippen LogP contribution in [-0.4, -0.2) is 62.9 Å². The van der Waals surface area contributed by atoms with Crippen molar-refractivity contribution in [2.24, 2.45) is 0 Å². The molecule has 0 aromatic heterocycles. The number of nitrogens with zero attached hydrogens (tertiary/aromatic N) is 2. The molecule has 1 aromatic rings. The van der Waals surface area contributed by atoms with Gasteiger partial charge in [0.1, 0.15) is 0 Å². The Balaban J connectivity index is 1.47. The van der Waals surface area contributed by atoms with E-state index in [4.69, 9.17) is 9.47 Å². The number of rotatable bonds is 5. The van der Waals surface area contributed by atoms with Crippen LogP contribution in [0.15, 0.2) is 18.2 Å². The zero-order valence-electron chi connectivity index (χ0n) is 12.1. The summed E-state index contributed by atoms with van der Waals surface area (Å²) >= 11 is 0. The first-order valence-electron chi connectivity index (χ1n) is 7.31. The largest absolute Gasteiger partial charge is 0.454 e. The Hall–Kier alpha value is -1.30. The third-order valence-corrected chi connectivity index (χ3v) is 3.90. The number of ether oxygens (including phenoxy) is 2. The van der Waals surface area contributed by atoms with Gasteiger partial charge in [-0.25, -0.2) is 0 Å². The minimum Gasteiger partial charge on any atom is -0.454 e. The van der Waals surface area contributed by atoms with Crippen LogP contribution < -0.4 is 14.8 Å². The maximum atomic E-state index is 5.42. The fourth-order valence-electron chi connectivity index (χ4n) is 2.68. The van der Waals surface area contributed by atoms with Crippen LogP contribution in [-0.2, 0) is 6.54 Å². The number of hydrogen-bond acceptors (Lipinski definition) is 5. The molecule has 1 aromatic carbocycles. The van der Waals surface area contributed by atoms with Crippen LogP contribution in [0, 0.1) is 0 Å². The Kier molecular flexibility index (Phi) is 4.40. The molecule has 2 aliphatic rings. The van der Waals surface area contributed by atoms with Crippen molar-refractivity contribution >= 4 is 0 Å². The van der Waals surface area contributed by atoms with Gasteiger partial charge in [-0.15, -0.1) is 0 Å². The van der Waals surface area contributed by atoms with Crippen LogP contribution >= 0.6 is 0 Å². The summed E-state index contributed by atoms with van der Waals surface area (Å²) in [7, 11) is 2.17. The van der Waals surface area contributed by atoms with Gasteiger partial charge in [0.15, 0.2) is 11.5 Å². The van der Waals surface area contributed by atoms with Crippen molar-refractivity contribution in [2.45, 2.75) is 6.54 Å². The second kappa shape index (κ2) is 6.43. The van der Waals surface area contributed by atoms with E-state index in [0.717, 1.165) is 57.3 Å². The molecule has 2 aliphatic heterocycles. The van der Waals surface area contributed by atoms with Crippen molar-refractivity contribution in [1.82, 2.24) is 15.1 Å². The lowest BCUT2D eigenvalue weighted by atomic mass is 10.2. The minimum absolute atomic E-state index is 0.345. The summed E-state index contributed by atoms with van der Waals surface area (Å²) in [6, 6.07) is 6.21. The van der Waals surface area contributed by atoms with Gasteiger partial charge in [0.25, 0.3) is 0 Å². The quantitative estimate of drug-likeness (QED) is 0.860. The van der Waals surface area contributed by atoms with Crippen molar-refractivity contribution < 1.29 is 9.47 Å². The third-order valence-electron chi connectivity index (χ3n) is 3.90. The number of hydrogen-bond donors (Lipinski definition) is 1. The van der Waals surface area contributed by atoms with Gasteiger partial charge < -0.3 is 19.7 Å². The van der Waals surface area contributed by atoms with Crippen molar-refractivity contribution in [3.05, 3.63) is 23.8 Å². The average molecular weight is 277 g/mol. The predicted octanol–water partition coefficient (Wildman–Crippen LogP) is 0.752. The molecule has 0 aliphatic carbocycles. The molecule has 0 amide bonds. The highest BCUT2D eigenvalue weighted by Gasteiger charge is 2.14. The molecule has 2 heterocycles. The lowest BCUT2D eigenvalue weighted by Gasteiger charge is -2.29. The van der Waals surface area contributed by atoms with Gasteiger partial charge in [0.05, 0.1) is 0 Å². The summed E-state index contributed by atoms with van der Waals surface area (Å²) in [5, 5.41) is 3.39. The average Bonchev–Trinajstić information content (AvgIpc) is 2.94. The number of nitrogens with one attached hydrogen (secondary N) is 1. The van der Waals surface area contributed by atoms with Crippen LogP contribution in [0.4, 0.5) is 0 Å². The van der Waals surface area contributed by atoms with Crippen molar-refractivity contribution in [2.75, 3.05) is 53.1 Å². The summed E-state index contributed by atoms with van der Waals surface area (Å²) in [6.45, 7) is 8.09. The third kappa shape index (κ3) is 3.42. The number of likely N-dealkylation sites (N-methyl/N-ethyl adjacent to an activating group) is 1. The van der Waals surface area contributed by atoms with Gasteiger partial charge in [-0.3, -0.25) is 4.90 Å². The second-order valence-corrected chi connectivity index (χ2v) is 5.52. The molecule has 1 N–H and O–H groups in total. The van der Waals surface area contributed by atoms with Gasteiger partial charge in [-0.1, -0.05) is 6.07 Å². The Morgan fingerprint density at radius 1 is 1.20 bits per heavy atom. The second-order valence-electron chi connectivity index (χ2n) is 5.52. The van der Waals surface area contributed by atoms with E-state index >= 15 is 0 Å². The molecular formula is C15H23N3O2. The molecule has 20 heavy (non-hydrogen) atoms. The maximum absolute atomic E-state index is 5.42. The van der Waals surface area contributed by atoms with E-state index < -0.39 is 0 Å². The topological polar surface area (TPSA) is 37.0 Å². The minimum atomic E-state index is 0.345. The zero-order valence-corrected chi connectivity index (χ0v) is 12.1. The zero-order chi connectivity index (χ0) is 13.8. The number of piperazine rings is 1. The van der Waals surface area contributed by atoms with E-state index in [1.165, 1.54) is 5.56 Å². The first kappa shape index (κ1) is 13.7. The van der Waals surface area contributed by atoms with Crippen LogP contribution in [0.3, 0.4) is 0 Å². The van der Waals surface area contributed by atoms with E-state index in [2.05, 4.69) is 34.3 Å². The molecule has 5 nitrogen and oxygen atoms in total. The van der Waals surface area contributed by atoms with Gasteiger partial charge in [-0.05, 0) is 24.7 Å². The van der Waals surface area contributed by atoms with E-state index in [1.54, 1.807) is 0 Å². The van der Waals surface area contributed by atoms with Crippen molar-refractivity contribution in [1.29, 1.82) is 0 Å². The Morgan fingerprint density at radius 2 is 2.00 bits per heavy atom. The molecule has 110 valence electrons. The maximum Gasteiger partial charge on any atom is 0.231 e. The summed E-state index contributed by atoms with van der Waals surface area (Å²) in [6.07, 6.45) is 0. The molecule has 0 bridgehead atoms. The molecule has 0 atom stereocenters. The van der Waals surface area contributed by atoms with Crippen LogP contribution in [0.2, 0.25) is 0 Å². The van der Waals surface area contributed by atoms with Crippen LogP contribution in [0.25, 0.3) is 0 Å². The summed E-state index contributed by atoms with van der Waals surface area (Å²) in [5.41, 5.74) is 1.28. The molecule has 1 saturated heterocycles. The summed E-state index contributed by atoms with van der Waals surface area (Å²) < 4.78 is 10.8. The number of benzene rings is 1. The van der Waals surface area contributed by atoms with Gasteiger partial charge >= 0.3 is 0 Å². The van der Waals surface area contributed by atoms with Gasteiger partial charge in [0, 0.05) is 45.8 Å². The normalized spacial score (nSPS) is 18.7. The van der Waals surface area contributed by atoms with Gasteiger partial charge in [-0.2, -0.15) is 0 Å². The Labute approximate surface area is 120 Å². The lowest BCUT2D eigenvalue weighted by molar-refractivity contribution is 0.174. The summed E-state index contributed by atoms with van der Waals surface area (Å²) in [5.74, 6) is 1.73.